The summed E-state index contributed by atoms with van der Waals surface area (Å²) < 4.78 is 40.1. The van der Waals surface area contributed by atoms with Gasteiger partial charge in [-0.05, 0) is 53.4 Å². The molecule has 11 nitrogen and oxygen atoms in total. The van der Waals surface area contributed by atoms with Gasteiger partial charge < -0.3 is 10.3 Å². The second-order valence-corrected chi connectivity index (χ2v) is 14.0. The van der Waals surface area contributed by atoms with Gasteiger partial charge in [-0.15, -0.1) is 0 Å². The minimum absolute atomic E-state index is 0.0463. The molecule has 5 heterocycles. The van der Waals surface area contributed by atoms with Gasteiger partial charge >= 0.3 is 0 Å². The van der Waals surface area contributed by atoms with Crippen molar-refractivity contribution in [3.63, 3.8) is 0 Å². The van der Waals surface area contributed by atoms with Crippen LogP contribution in [0.1, 0.15) is 32.8 Å². The number of nitrogens with one attached hydrogen (secondary N) is 4. The second-order valence-electron chi connectivity index (χ2n) is 12.2. The molecule has 0 spiro atoms. The van der Waals surface area contributed by atoms with Crippen molar-refractivity contribution in [3.8, 4) is 33.9 Å². The van der Waals surface area contributed by atoms with Crippen LogP contribution in [0.25, 0.3) is 55.7 Å². The zero-order valence-corrected chi connectivity index (χ0v) is 25.9. The van der Waals surface area contributed by atoms with E-state index in [1.165, 1.54) is 12.1 Å². The number of rotatable bonds is 8. The molecule has 0 aliphatic heterocycles. The van der Waals surface area contributed by atoms with E-state index in [2.05, 4.69) is 40.2 Å². The molecular weight excluding hydrogens is 595 g/mol. The van der Waals surface area contributed by atoms with Crippen LogP contribution in [0.2, 0.25) is 0 Å². The summed E-state index contributed by atoms with van der Waals surface area (Å²) in [5, 5.41) is 12.1. The van der Waals surface area contributed by atoms with E-state index in [0.717, 1.165) is 33.6 Å². The van der Waals surface area contributed by atoms with Crippen LogP contribution in [0.5, 0.6) is 0 Å². The number of sulfonamides is 1. The van der Waals surface area contributed by atoms with Crippen LogP contribution in [0.3, 0.4) is 0 Å². The van der Waals surface area contributed by atoms with Gasteiger partial charge in [0.1, 0.15) is 11.5 Å². The number of pyridine rings is 3. The maximum absolute atomic E-state index is 14.6. The molecule has 230 valence electrons. The number of halogens is 1. The third-order valence-corrected chi connectivity index (χ3v) is 7.70. The monoisotopic (exact) mass is 626 g/mol. The van der Waals surface area contributed by atoms with Gasteiger partial charge in [-0.3, -0.25) is 24.8 Å². The van der Waals surface area contributed by atoms with Gasteiger partial charge in [0, 0.05) is 52.8 Å². The van der Waals surface area contributed by atoms with Crippen LogP contribution >= 0.6 is 0 Å². The fourth-order valence-corrected chi connectivity index (χ4v) is 5.56. The highest BCUT2D eigenvalue weighted by molar-refractivity contribution is 7.88. The van der Waals surface area contributed by atoms with E-state index in [0.29, 0.717) is 46.0 Å². The maximum Gasteiger partial charge on any atom is 0.224 e. The van der Waals surface area contributed by atoms with Crippen molar-refractivity contribution in [2.45, 2.75) is 33.7 Å². The molecule has 45 heavy (non-hydrogen) atoms. The Morgan fingerprint density at radius 2 is 1.73 bits per heavy atom. The molecule has 0 atom stereocenters. The van der Waals surface area contributed by atoms with E-state index < -0.39 is 15.8 Å². The number of anilines is 1. The van der Waals surface area contributed by atoms with Gasteiger partial charge in [0.05, 0.1) is 46.9 Å². The average molecular weight is 627 g/mol. The lowest BCUT2D eigenvalue weighted by Gasteiger charge is -2.17. The summed E-state index contributed by atoms with van der Waals surface area (Å²) in [5.41, 5.74) is 6.18. The third-order valence-electron chi connectivity index (χ3n) is 7.03. The van der Waals surface area contributed by atoms with Gasteiger partial charge in [0.15, 0.2) is 0 Å². The fraction of sp³-hybridized carbons (Fsp3) is 0.219. The van der Waals surface area contributed by atoms with Gasteiger partial charge in [0.25, 0.3) is 0 Å². The lowest BCUT2D eigenvalue weighted by atomic mass is 9.92. The SMILES string of the molecule is CC(C)(C)CC(=O)Nc1cncc(-c2cc3c(-c4cc5c(-c6cc(F)cc(CNS(C)(=O)=O)c6)nccc5[nH]4)n[nH]c3cn2)c1. The topological polar surface area (TPSA) is 158 Å². The molecule has 0 unspecified atom stereocenters. The van der Waals surface area contributed by atoms with E-state index in [4.69, 9.17) is 0 Å². The number of nitrogens with zero attached hydrogens (tertiary/aromatic N) is 4. The number of amides is 1. The molecule has 0 saturated heterocycles. The second kappa shape index (κ2) is 11.5. The number of hydrogen-bond acceptors (Lipinski definition) is 7. The lowest BCUT2D eigenvalue weighted by Crippen LogP contribution is -2.21. The number of benzene rings is 1. The van der Waals surface area contributed by atoms with E-state index in [9.17, 15) is 17.6 Å². The molecule has 0 saturated carbocycles. The quantitative estimate of drug-likeness (QED) is 0.166. The molecule has 6 aromatic rings. The summed E-state index contributed by atoms with van der Waals surface area (Å²) in [5.74, 6) is -0.590. The lowest BCUT2D eigenvalue weighted by molar-refractivity contribution is -0.117. The number of fused-ring (bicyclic) bond motifs is 2. The standard InChI is InChI=1S/C32H31FN8O3S/c1-32(2,3)13-29(42)38-22-10-20(15-34-16-22)26-11-24-28(17-36-26)40-41-31(24)27-12-23-25(39-27)5-6-35-30(23)19-7-18(8-21(33)9-19)14-37-45(4,43)44/h5-12,15-17,37,39H,13-14H2,1-4H3,(H,38,42)(H,40,41). The number of aromatic nitrogens is 6. The molecule has 0 radical (unpaired) electrons. The van der Waals surface area contributed by atoms with Crippen molar-refractivity contribution in [1.29, 1.82) is 0 Å². The average Bonchev–Trinajstić information content (AvgIpc) is 3.58. The molecule has 4 N–H and O–H groups in total. The first kappa shape index (κ1) is 30.0. The molecule has 0 aliphatic rings. The van der Waals surface area contributed by atoms with Crippen molar-refractivity contribution >= 4 is 43.4 Å². The number of carbonyl (C=O) groups is 1. The first-order valence-electron chi connectivity index (χ1n) is 14.1. The number of carbonyl (C=O) groups excluding carboxylic acids is 1. The van der Waals surface area contributed by atoms with E-state index >= 15 is 0 Å². The smallest absolute Gasteiger partial charge is 0.224 e. The summed E-state index contributed by atoms with van der Waals surface area (Å²) >= 11 is 0. The summed E-state index contributed by atoms with van der Waals surface area (Å²) in [6, 6.07) is 11.8. The Hall–Kier alpha value is -5.01. The molecule has 1 amide bonds. The van der Waals surface area contributed by atoms with E-state index in [1.807, 2.05) is 45.0 Å². The van der Waals surface area contributed by atoms with Crippen LogP contribution in [0, 0.1) is 11.2 Å². The maximum atomic E-state index is 14.6. The Morgan fingerprint density at radius 1 is 0.933 bits per heavy atom. The molecule has 13 heteroatoms. The van der Waals surface area contributed by atoms with Gasteiger partial charge in [-0.25, -0.2) is 17.5 Å². The fourth-order valence-electron chi connectivity index (χ4n) is 5.13. The highest BCUT2D eigenvalue weighted by Crippen LogP contribution is 2.34. The van der Waals surface area contributed by atoms with Crippen molar-refractivity contribution in [3.05, 3.63) is 78.6 Å². The predicted octanol–water partition coefficient (Wildman–Crippen LogP) is 5.79. The first-order chi connectivity index (χ1) is 21.3. The van der Waals surface area contributed by atoms with Crippen LogP contribution < -0.4 is 10.0 Å². The number of aromatic amines is 2. The Balaban J connectivity index is 1.34. The Labute approximate surface area is 258 Å². The zero-order chi connectivity index (χ0) is 31.9. The highest BCUT2D eigenvalue weighted by atomic mass is 32.2. The van der Waals surface area contributed by atoms with E-state index in [1.54, 1.807) is 30.9 Å². The zero-order valence-electron chi connectivity index (χ0n) is 25.1. The Morgan fingerprint density at radius 3 is 2.51 bits per heavy atom. The number of hydrogen-bond donors (Lipinski definition) is 4. The molecule has 0 aliphatic carbocycles. The van der Waals surface area contributed by atoms with Crippen molar-refractivity contribution in [1.82, 2.24) is 34.9 Å². The summed E-state index contributed by atoms with van der Waals surface area (Å²) in [6.07, 6.45) is 8.04. The molecular formula is C32H31FN8O3S. The number of H-pyrrole nitrogens is 2. The van der Waals surface area contributed by atoms with Crippen LogP contribution in [0.4, 0.5) is 10.1 Å². The van der Waals surface area contributed by atoms with Gasteiger partial charge in [-0.2, -0.15) is 5.10 Å². The van der Waals surface area contributed by atoms with Crippen LogP contribution in [-0.4, -0.2) is 50.7 Å². The van der Waals surface area contributed by atoms with Crippen LogP contribution in [0.15, 0.2) is 67.3 Å². The van der Waals surface area contributed by atoms with Crippen LogP contribution in [-0.2, 0) is 21.4 Å². The largest absolute Gasteiger partial charge is 0.353 e. The summed E-state index contributed by atoms with van der Waals surface area (Å²) in [4.78, 5) is 29.3. The van der Waals surface area contributed by atoms with Crippen molar-refractivity contribution < 1.29 is 17.6 Å². The third kappa shape index (κ3) is 6.89. The van der Waals surface area contributed by atoms with Crippen molar-refractivity contribution in [2.75, 3.05) is 11.6 Å². The minimum atomic E-state index is -3.45. The molecule has 0 bridgehead atoms. The Kier molecular flexibility index (Phi) is 7.67. The summed E-state index contributed by atoms with van der Waals surface area (Å²) in [6.45, 7) is 5.97. The predicted molar refractivity (Wildman–Crippen MR) is 172 cm³/mol. The van der Waals surface area contributed by atoms with E-state index in [-0.39, 0.29) is 17.9 Å². The Bertz CT molecular complexity index is 2180. The molecule has 5 aromatic heterocycles. The molecule has 1 aromatic carbocycles. The molecule has 6 rings (SSSR count). The van der Waals surface area contributed by atoms with Gasteiger partial charge in [0.2, 0.25) is 15.9 Å². The first-order valence-corrected chi connectivity index (χ1v) is 16.0. The normalized spacial score (nSPS) is 12.2. The highest BCUT2D eigenvalue weighted by Gasteiger charge is 2.18. The van der Waals surface area contributed by atoms with Gasteiger partial charge in [-0.1, -0.05) is 20.8 Å². The van der Waals surface area contributed by atoms with Crippen molar-refractivity contribution in [2.24, 2.45) is 5.41 Å². The summed E-state index contributed by atoms with van der Waals surface area (Å²) in [7, 11) is -3.45. The molecule has 0 fully saturated rings. The minimum Gasteiger partial charge on any atom is -0.353 e.